The van der Waals surface area contributed by atoms with Gasteiger partial charge >= 0.3 is 0 Å². The molecule has 2 unspecified atom stereocenters. The largest absolute Gasteiger partial charge is 0.390 e. The normalized spacial score (nSPS) is 17.4. The Morgan fingerprint density at radius 1 is 1.50 bits per heavy atom. The summed E-state index contributed by atoms with van der Waals surface area (Å²) >= 11 is 0. The van der Waals surface area contributed by atoms with Crippen LogP contribution < -0.4 is 5.73 Å². The Morgan fingerprint density at radius 2 is 2.00 bits per heavy atom. The van der Waals surface area contributed by atoms with E-state index in [4.69, 9.17) is 10.8 Å². The average Bonchev–Trinajstić information content (AvgIpc) is 1.87. The second kappa shape index (κ2) is 4.63. The molecule has 2 nitrogen and oxygen atoms in total. The van der Waals surface area contributed by atoms with Gasteiger partial charge in [0.2, 0.25) is 0 Å². The fourth-order valence-corrected chi connectivity index (χ4v) is 0.649. The SMILES string of the molecule is CC(C)C(N)CC(O)CF. The van der Waals surface area contributed by atoms with Gasteiger partial charge in [-0.05, 0) is 12.3 Å². The molecule has 0 heterocycles. The maximum absolute atomic E-state index is 11.7. The molecule has 3 N–H and O–H groups in total. The molecule has 0 aromatic carbocycles. The van der Waals surface area contributed by atoms with Crippen molar-refractivity contribution in [2.24, 2.45) is 11.7 Å². The van der Waals surface area contributed by atoms with Crippen LogP contribution in [0.1, 0.15) is 20.3 Å². The molecule has 0 aliphatic rings. The molecule has 10 heavy (non-hydrogen) atoms. The van der Waals surface area contributed by atoms with Gasteiger partial charge in [-0.2, -0.15) is 0 Å². The number of nitrogens with two attached hydrogens (primary N) is 1. The second-order valence-electron chi connectivity index (χ2n) is 2.95. The van der Waals surface area contributed by atoms with E-state index in [0.717, 1.165) is 0 Å². The molecule has 0 bridgehead atoms. The predicted octanol–water partition coefficient (Wildman–Crippen LogP) is 0.690. The van der Waals surface area contributed by atoms with E-state index >= 15 is 0 Å². The Balaban J connectivity index is 3.46. The van der Waals surface area contributed by atoms with Crippen molar-refractivity contribution >= 4 is 0 Å². The summed E-state index contributed by atoms with van der Waals surface area (Å²) in [6, 6.07) is -0.0919. The molecule has 0 aliphatic carbocycles. The van der Waals surface area contributed by atoms with Crippen LogP contribution in [0.2, 0.25) is 0 Å². The zero-order valence-electron chi connectivity index (χ0n) is 6.55. The van der Waals surface area contributed by atoms with Gasteiger partial charge in [0.15, 0.2) is 0 Å². The molecule has 62 valence electrons. The minimum absolute atomic E-state index is 0.0919. The molecule has 0 fully saturated rings. The molecule has 3 heteroatoms. The molecular formula is C7H16FNO. The minimum atomic E-state index is -0.877. The van der Waals surface area contributed by atoms with Crippen LogP contribution in [0.15, 0.2) is 0 Å². The van der Waals surface area contributed by atoms with Crippen LogP contribution in [0, 0.1) is 5.92 Å². The number of hydrogen-bond acceptors (Lipinski definition) is 2. The lowest BCUT2D eigenvalue weighted by Crippen LogP contribution is -2.31. The van der Waals surface area contributed by atoms with E-state index in [1.54, 1.807) is 0 Å². The summed E-state index contributed by atoms with van der Waals surface area (Å²) in [7, 11) is 0. The van der Waals surface area contributed by atoms with E-state index in [9.17, 15) is 4.39 Å². The first-order chi connectivity index (χ1) is 4.57. The molecule has 0 aromatic rings. The van der Waals surface area contributed by atoms with Gasteiger partial charge in [0.1, 0.15) is 6.67 Å². The van der Waals surface area contributed by atoms with Crippen LogP contribution in [0.3, 0.4) is 0 Å². The molecule has 2 atom stereocenters. The van der Waals surface area contributed by atoms with Gasteiger partial charge in [0.05, 0.1) is 6.10 Å². The summed E-state index contributed by atoms with van der Waals surface area (Å²) in [5, 5.41) is 8.82. The lowest BCUT2D eigenvalue weighted by molar-refractivity contribution is 0.117. The fraction of sp³-hybridized carbons (Fsp3) is 1.00. The monoisotopic (exact) mass is 149 g/mol. The van der Waals surface area contributed by atoms with E-state index < -0.39 is 12.8 Å². The van der Waals surface area contributed by atoms with Crippen LogP contribution in [0.5, 0.6) is 0 Å². The van der Waals surface area contributed by atoms with Crippen molar-refractivity contribution in [3.8, 4) is 0 Å². The summed E-state index contributed by atoms with van der Waals surface area (Å²) in [5.41, 5.74) is 5.57. The predicted molar refractivity (Wildman–Crippen MR) is 39.4 cm³/mol. The van der Waals surface area contributed by atoms with Crippen molar-refractivity contribution in [2.45, 2.75) is 32.4 Å². The average molecular weight is 149 g/mol. The van der Waals surface area contributed by atoms with E-state index in [1.807, 2.05) is 13.8 Å². The van der Waals surface area contributed by atoms with Crippen molar-refractivity contribution in [1.29, 1.82) is 0 Å². The Bertz CT molecular complexity index is 87.7. The molecular weight excluding hydrogens is 133 g/mol. The molecule has 0 amide bonds. The second-order valence-corrected chi connectivity index (χ2v) is 2.95. The highest BCUT2D eigenvalue weighted by Crippen LogP contribution is 2.05. The molecule has 0 aliphatic heterocycles. The van der Waals surface area contributed by atoms with Crippen LogP contribution in [-0.4, -0.2) is 23.9 Å². The summed E-state index contributed by atoms with van der Waals surface area (Å²) in [5.74, 6) is 0.307. The van der Waals surface area contributed by atoms with Gasteiger partial charge in [-0.25, -0.2) is 4.39 Å². The molecule has 0 rings (SSSR count). The standard InChI is InChI=1S/C7H16FNO/c1-5(2)7(9)3-6(10)4-8/h5-7,10H,3-4,9H2,1-2H3. The zero-order valence-corrected chi connectivity index (χ0v) is 6.55. The highest BCUT2D eigenvalue weighted by atomic mass is 19.1. The van der Waals surface area contributed by atoms with Crippen molar-refractivity contribution in [3.63, 3.8) is 0 Å². The first-order valence-electron chi connectivity index (χ1n) is 3.57. The topological polar surface area (TPSA) is 46.2 Å². The van der Waals surface area contributed by atoms with Gasteiger partial charge in [-0.15, -0.1) is 0 Å². The number of rotatable bonds is 4. The Kier molecular flexibility index (Phi) is 4.56. The third-order valence-electron chi connectivity index (χ3n) is 1.58. The molecule has 0 spiro atoms. The number of aliphatic hydroxyl groups excluding tert-OH is 1. The first-order valence-corrected chi connectivity index (χ1v) is 3.57. The van der Waals surface area contributed by atoms with E-state index in [1.165, 1.54) is 0 Å². The lowest BCUT2D eigenvalue weighted by Gasteiger charge is -2.17. The van der Waals surface area contributed by atoms with E-state index in [-0.39, 0.29) is 6.04 Å². The van der Waals surface area contributed by atoms with Crippen LogP contribution in [-0.2, 0) is 0 Å². The highest BCUT2D eigenvalue weighted by molar-refractivity contribution is 4.69. The smallest absolute Gasteiger partial charge is 0.115 e. The van der Waals surface area contributed by atoms with Gasteiger partial charge in [0, 0.05) is 6.04 Å². The van der Waals surface area contributed by atoms with Gasteiger partial charge in [-0.1, -0.05) is 13.8 Å². The van der Waals surface area contributed by atoms with Crippen molar-refractivity contribution < 1.29 is 9.50 Å². The van der Waals surface area contributed by atoms with Crippen molar-refractivity contribution in [3.05, 3.63) is 0 Å². The molecule has 0 saturated carbocycles. The lowest BCUT2D eigenvalue weighted by atomic mass is 10.00. The maximum Gasteiger partial charge on any atom is 0.115 e. The van der Waals surface area contributed by atoms with Crippen molar-refractivity contribution in [1.82, 2.24) is 0 Å². The number of alkyl halides is 1. The third kappa shape index (κ3) is 3.80. The quantitative estimate of drug-likeness (QED) is 0.617. The summed E-state index contributed by atoms with van der Waals surface area (Å²) in [4.78, 5) is 0. The Hall–Kier alpha value is -0.150. The van der Waals surface area contributed by atoms with Crippen molar-refractivity contribution in [2.75, 3.05) is 6.67 Å². The maximum atomic E-state index is 11.7. The van der Waals surface area contributed by atoms with Gasteiger partial charge in [0.25, 0.3) is 0 Å². The summed E-state index contributed by atoms with van der Waals surface area (Å²) in [6.45, 7) is 3.21. The minimum Gasteiger partial charge on any atom is -0.390 e. The highest BCUT2D eigenvalue weighted by Gasteiger charge is 2.12. The van der Waals surface area contributed by atoms with E-state index in [2.05, 4.69) is 0 Å². The summed E-state index contributed by atoms with van der Waals surface area (Å²) in [6.07, 6.45) is -0.522. The van der Waals surface area contributed by atoms with Crippen LogP contribution >= 0.6 is 0 Å². The number of halogens is 1. The first kappa shape index (κ1) is 9.85. The fourth-order valence-electron chi connectivity index (χ4n) is 0.649. The Morgan fingerprint density at radius 3 is 2.30 bits per heavy atom. The van der Waals surface area contributed by atoms with Crippen LogP contribution in [0.25, 0.3) is 0 Å². The van der Waals surface area contributed by atoms with E-state index in [0.29, 0.717) is 12.3 Å². The third-order valence-corrected chi connectivity index (χ3v) is 1.58. The number of aliphatic hydroxyl groups is 1. The molecule has 0 radical (unpaired) electrons. The Labute approximate surface area is 61.2 Å². The summed E-state index contributed by atoms with van der Waals surface area (Å²) < 4.78 is 11.7. The molecule has 0 saturated heterocycles. The van der Waals surface area contributed by atoms with Gasteiger partial charge < -0.3 is 10.8 Å². The zero-order chi connectivity index (χ0) is 8.15. The van der Waals surface area contributed by atoms with Gasteiger partial charge in [-0.3, -0.25) is 0 Å². The van der Waals surface area contributed by atoms with Crippen LogP contribution in [0.4, 0.5) is 4.39 Å². The number of hydrogen-bond donors (Lipinski definition) is 2. The molecule has 0 aromatic heterocycles.